The molecule has 4 nitrogen and oxygen atoms in total. The van der Waals surface area contributed by atoms with Crippen molar-refractivity contribution in [2.45, 2.75) is 0 Å². The van der Waals surface area contributed by atoms with Crippen molar-refractivity contribution in [2.75, 3.05) is 0 Å². The largest absolute Gasteiger partial charge is 0.256 e. The molecule has 0 spiro atoms. The maximum absolute atomic E-state index is 5.04. The maximum atomic E-state index is 5.04. The first-order valence-electron chi connectivity index (χ1n) is 14.7. The zero-order valence-electron chi connectivity index (χ0n) is 23.8. The average Bonchev–Trinajstić information content (AvgIpc) is 3.11. The van der Waals surface area contributed by atoms with Gasteiger partial charge in [0.25, 0.3) is 0 Å². The Kier molecular flexibility index (Phi) is 6.43. The van der Waals surface area contributed by atoms with E-state index in [2.05, 4.69) is 89.9 Å². The summed E-state index contributed by atoms with van der Waals surface area (Å²) in [6, 6.07) is 52.1. The fourth-order valence-corrected chi connectivity index (χ4v) is 5.86. The quantitative estimate of drug-likeness (QED) is 0.209. The number of pyridine rings is 1. The molecule has 206 valence electrons. The second kappa shape index (κ2) is 11.0. The maximum Gasteiger partial charge on any atom is 0.164 e. The fraction of sp³-hybridized carbons (Fsp3) is 0. The van der Waals surface area contributed by atoms with Gasteiger partial charge >= 0.3 is 0 Å². The molecule has 8 rings (SSSR count). The summed E-state index contributed by atoms with van der Waals surface area (Å²) in [7, 11) is 0. The number of benzene rings is 6. The van der Waals surface area contributed by atoms with Crippen LogP contribution in [-0.2, 0) is 0 Å². The minimum absolute atomic E-state index is 0.647. The van der Waals surface area contributed by atoms with E-state index in [-0.39, 0.29) is 0 Å². The van der Waals surface area contributed by atoms with Gasteiger partial charge in [0, 0.05) is 39.2 Å². The molecule has 2 aromatic heterocycles. The fourth-order valence-electron chi connectivity index (χ4n) is 5.86. The Balaban J connectivity index is 1.29. The van der Waals surface area contributed by atoms with Crippen LogP contribution < -0.4 is 0 Å². The van der Waals surface area contributed by atoms with Crippen molar-refractivity contribution in [1.29, 1.82) is 0 Å². The van der Waals surface area contributed by atoms with Gasteiger partial charge in [0.1, 0.15) is 0 Å². The monoisotopic (exact) mass is 562 g/mol. The van der Waals surface area contributed by atoms with Crippen LogP contribution >= 0.6 is 0 Å². The van der Waals surface area contributed by atoms with Gasteiger partial charge in [0.2, 0.25) is 0 Å². The summed E-state index contributed by atoms with van der Waals surface area (Å²) in [5.74, 6) is 1.95. The van der Waals surface area contributed by atoms with Crippen LogP contribution in [-0.4, -0.2) is 19.9 Å². The van der Waals surface area contributed by atoms with E-state index in [0.717, 1.165) is 60.6 Å². The molecule has 0 atom stereocenters. The van der Waals surface area contributed by atoms with Crippen LogP contribution in [0.2, 0.25) is 0 Å². The zero-order valence-corrected chi connectivity index (χ0v) is 23.8. The summed E-state index contributed by atoms with van der Waals surface area (Å²) in [6.07, 6.45) is 1.85. The molecule has 8 aromatic rings. The van der Waals surface area contributed by atoms with Crippen molar-refractivity contribution in [3.05, 3.63) is 158 Å². The van der Waals surface area contributed by atoms with Crippen molar-refractivity contribution in [3.8, 4) is 56.4 Å². The lowest BCUT2D eigenvalue weighted by Crippen LogP contribution is -2.00. The van der Waals surface area contributed by atoms with Crippen molar-refractivity contribution in [1.82, 2.24) is 19.9 Å². The molecule has 0 fully saturated rings. The summed E-state index contributed by atoms with van der Waals surface area (Å²) in [6.45, 7) is 0. The smallest absolute Gasteiger partial charge is 0.164 e. The van der Waals surface area contributed by atoms with Gasteiger partial charge in [0.05, 0.1) is 5.52 Å². The molecule has 0 unspecified atom stereocenters. The molecule has 44 heavy (non-hydrogen) atoms. The third kappa shape index (κ3) is 4.69. The van der Waals surface area contributed by atoms with Gasteiger partial charge in [-0.15, -0.1) is 0 Å². The molecule has 0 saturated carbocycles. The van der Waals surface area contributed by atoms with Gasteiger partial charge in [-0.05, 0) is 28.1 Å². The minimum Gasteiger partial charge on any atom is -0.256 e. The normalized spacial score (nSPS) is 11.2. The Bertz CT molecular complexity index is 2190. The number of para-hydroxylation sites is 1. The SMILES string of the molecule is c1ccc(-c2nc(-c3ccccc3)nc(-c3cccc4cccc(-c5ccc(-c6cccc7cccnc67)cc5)c34)n2)cc1. The molecule has 0 aliphatic carbocycles. The second-order valence-corrected chi connectivity index (χ2v) is 10.7. The number of hydrogen-bond acceptors (Lipinski definition) is 4. The summed E-state index contributed by atoms with van der Waals surface area (Å²) in [5, 5.41) is 3.37. The molecule has 0 saturated heterocycles. The summed E-state index contributed by atoms with van der Waals surface area (Å²) in [4.78, 5) is 19.6. The first-order valence-corrected chi connectivity index (χ1v) is 14.7. The van der Waals surface area contributed by atoms with Gasteiger partial charge in [-0.1, -0.05) is 146 Å². The van der Waals surface area contributed by atoms with Crippen LogP contribution in [0.1, 0.15) is 0 Å². The van der Waals surface area contributed by atoms with E-state index in [0.29, 0.717) is 17.5 Å². The molecule has 4 heteroatoms. The third-order valence-corrected chi connectivity index (χ3v) is 7.98. The summed E-state index contributed by atoms with van der Waals surface area (Å²) >= 11 is 0. The van der Waals surface area contributed by atoms with Crippen LogP contribution in [0.25, 0.3) is 78.1 Å². The standard InChI is InChI=1S/C40H26N4/c1-3-11-31(12-4-1)38-42-39(32-13-5-2-6-14-32)44-40(43-38)35-21-8-16-29-15-7-19-33(36(29)35)27-22-24-28(25-23-27)34-20-9-17-30-18-10-26-41-37(30)34/h1-26H. The Morgan fingerprint density at radius 1 is 0.318 bits per heavy atom. The first kappa shape index (κ1) is 25.7. The van der Waals surface area contributed by atoms with Gasteiger partial charge in [-0.25, -0.2) is 15.0 Å². The molecule has 0 N–H and O–H groups in total. The van der Waals surface area contributed by atoms with Crippen molar-refractivity contribution in [2.24, 2.45) is 0 Å². The predicted molar refractivity (Wildman–Crippen MR) is 180 cm³/mol. The van der Waals surface area contributed by atoms with Gasteiger partial charge < -0.3 is 0 Å². The van der Waals surface area contributed by atoms with Crippen LogP contribution in [0.5, 0.6) is 0 Å². The van der Waals surface area contributed by atoms with Crippen molar-refractivity contribution < 1.29 is 0 Å². The lowest BCUT2D eigenvalue weighted by molar-refractivity contribution is 1.08. The Labute approximate surface area is 255 Å². The highest BCUT2D eigenvalue weighted by Gasteiger charge is 2.16. The topological polar surface area (TPSA) is 51.6 Å². The number of fused-ring (bicyclic) bond motifs is 2. The van der Waals surface area contributed by atoms with Crippen LogP contribution in [0, 0.1) is 0 Å². The second-order valence-electron chi connectivity index (χ2n) is 10.7. The highest BCUT2D eigenvalue weighted by molar-refractivity contribution is 6.06. The van der Waals surface area contributed by atoms with Gasteiger partial charge in [-0.3, -0.25) is 4.98 Å². The molecule has 0 aliphatic heterocycles. The van der Waals surface area contributed by atoms with Gasteiger partial charge in [0.15, 0.2) is 17.5 Å². The molecule has 2 heterocycles. The lowest BCUT2D eigenvalue weighted by Gasteiger charge is -2.14. The predicted octanol–water partition coefficient (Wildman–Crippen LogP) is 9.91. The number of rotatable bonds is 5. The Morgan fingerprint density at radius 2 is 0.818 bits per heavy atom. The molecule has 0 aliphatic rings. The van der Waals surface area contributed by atoms with E-state index in [1.807, 2.05) is 72.9 Å². The van der Waals surface area contributed by atoms with E-state index < -0.39 is 0 Å². The highest BCUT2D eigenvalue weighted by Crippen LogP contribution is 2.37. The molecular formula is C40H26N4. The van der Waals surface area contributed by atoms with Crippen molar-refractivity contribution in [3.63, 3.8) is 0 Å². The number of hydrogen-bond donors (Lipinski definition) is 0. The summed E-state index contributed by atoms with van der Waals surface area (Å²) in [5.41, 5.74) is 8.39. The molecule has 0 amide bonds. The zero-order chi connectivity index (χ0) is 29.3. The van der Waals surface area contributed by atoms with E-state index in [9.17, 15) is 0 Å². The van der Waals surface area contributed by atoms with E-state index in [1.165, 1.54) is 0 Å². The average molecular weight is 563 g/mol. The van der Waals surface area contributed by atoms with Crippen LogP contribution in [0.15, 0.2) is 158 Å². The Hall–Kier alpha value is -6.00. The van der Waals surface area contributed by atoms with Crippen LogP contribution in [0.3, 0.4) is 0 Å². The third-order valence-electron chi connectivity index (χ3n) is 7.98. The van der Waals surface area contributed by atoms with Gasteiger partial charge in [-0.2, -0.15) is 0 Å². The highest BCUT2D eigenvalue weighted by atomic mass is 15.0. The molecular weight excluding hydrogens is 536 g/mol. The number of aromatic nitrogens is 4. The molecule has 0 bridgehead atoms. The van der Waals surface area contributed by atoms with E-state index in [4.69, 9.17) is 15.0 Å². The first-order chi connectivity index (χ1) is 21.8. The summed E-state index contributed by atoms with van der Waals surface area (Å²) < 4.78 is 0. The van der Waals surface area contributed by atoms with E-state index >= 15 is 0 Å². The van der Waals surface area contributed by atoms with Crippen molar-refractivity contribution >= 4 is 21.7 Å². The molecule has 0 radical (unpaired) electrons. The van der Waals surface area contributed by atoms with Crippen LogP contribution in [0.4, 0.5) is 0 Å². The Morgan fingerprint density at radius 3 is 1.45 bits per heavy atom. The van der Waals surface area contributed by atoms with E-state index in [1.54, 1.807) is 0 Å². The minimum atomic E-state index is 0.647. The number of nitrogens with zero attached hydrogens (tertiary/aromatic N) is 4. The lowest BCUT2D eigenvalue weighted by atomic mass is 9.93. The molecule has 6 aromatic carbocycles.